The Morgan fingerprint density at radius 1 is 1.02 bits per heavy atom. The molecule has 2 aliphatic heterocycles. The largest absolute Gasteiger partial charge is 0.480 e. The lowest BCUT2D eigenvalue weighted by molar-refractivity contribution is -0.149. The predicted octanol–water partition coefficient (Wildman–Crippen LogP) is 2.86. The SMILES string of the molecule is O=C(O)C1CN(C(=O)C2CCN(C(=O)c3ccc(Nc4nccn5c(I)cnc45)cc3Cl)CC2)CCN1C(=O)O. The third-order valence-corrected chi connectivity index (χ3v) is 8.31. The number of likely N-dealkylation sites (tertiary alicyclic amines) is 1. The molecule has 0 aliphatic carbocycles. The minimum atomic E-state index is -1.32. The third kappa shape index (κ3) is 5.50. The number of hydrogen-bond donors (Lipinski definition) is 3. The number of halogens is 2. The Morgan fingerprint density at radius 2 is 1.77 bits per heavy atom. The molecule has 15 heteroatoms. The first kappa shape index (κ1) is 27.9. The van der Waals surface area contributed by atoms with Crippen LogP contribution in [0.1, 0.15) is 23.2 Å². The summed E-state index contributed by atoms with van der Waals surface area (Å²) in [6.45, 7) is 0.555. The van der Waals surface area contributed by atoms with Gasteiger partial charge in [0.05, 0.1) is 23.3 Å². The summed E-state index contributed by atoms with van der Waals surface area (Å²) in [5.74, 6) is -1.58. The summed E-state index contributed by atoms with van der Waals surface area (Å²) in [4.78, 5) is 61.8. The van der Waals surface area contributed by atoms with E-state index in [0.29, 0.717) is 48.6 Å². The smallest absolute Gasteiger partial charge is 0.408 e. The maximum absolute atomic E-state index is 13.2. The summed E-state index contributed by atoms with van der Waals surface area (Å²) >= 11 is 8.68. The normalized spacial score (nSPS) is 18.1. The Kier molecular flexibility index (Phi) is 7.98. The predicted molar refractivity (Wildman–Crippen MR) is 152 cm³/mol. The molecule has 3 aromatic rings. The van der Waals surface area contributed by atoms with E-state index < -0.39 is 18.1 Å². The highest BCUT2D eigenvalue weighted by Gasteiger charge is 2.39. The number of fused-ring (bicyclic) bond motifs is 1. The number of carbonyl (C=O) groups excluding carboxylic acids is 2. The van der Waals surface area contributed by atoms with Crippen LogP contribution in [0.4, 0.5) is 16.3 Å². The van der Waals surface area contributed by atoms with Gasteiger partial charge in [0.1, 0.15) is 9.74 Å². The molecule has 1 aromatic carbocycles. The Bertz CT molecular complexity index is 1490. The second-order valence-corrected chi connectivity index (χ2v) is 11.1. The van der Waals surface area contributed by atoms with E-state index in [9.17, 15) is 29.4 Å². The van der Waals surface area contributed by atoms with Gasteiger partial charge in [-0.15, -0.1) is 0 Å². The monoisotopic (exact) mass is 681 g/mol. The Labute approximate surface area is 246 Å². The van der Waals surface area contributed by atoms with Crippen molar-refractivity contribution in [2.75, 3.05) is 38.0 Å². The van der Waals surface area contributed by atoms with Gasteiger partial charge < -0.3 is 25.3 Å². The molecule has 1 unspecified atom stereocenters. The fourth-order valence-corrected chi connectivity index (χ4v) is 5.85. The average molecular weight is 682 g/mol. The maximum Gasteiger partial charge on any atom is 0.408 e. The van der Waals surface area contributed by atoms with Gasteiger partial charge in [-0.25, -0.2) is 19.6 Å². The number of piperidine rings is 1. The van der Waals surface area contributed by atoms with Crippen molar-refractivity contribution in [3.63, 3.8) is 0 Å². The van der Waals surface area contributed by atoms with Crippen molar-refractivity contribution in [2.45, 2.75) is 18.9 Å². The number of anilines is 2. The average Bonchev–Trinajstić information content (AvgIpc) is 3.33. The summed E-state index contributed by atoms with van der Waals surface area (Å²) in [7, 11) is 0. The highest BCUT2D eigenvalue weighted by Crippen LogP contribution is 2.28. The van der Waals surface area contributed by atoms with Gasteiger partial charge >= 0.3 is 12.1 Å². The third-order valence-electron chi connectivity index (χ3n) is 7.20. The standard InChI is InChI=1S/C25H25ClIN7O6/c26-17-11-15(30-20-21-29-12-19(27)34(21)8-5-28-20)1-2-16(17)23(36)31-6-3-14(4-7-31)22(35)32-9-10-33(25(39)40)18(13-32)24(37)38/h1-2,5,8,11-12,14,18H,3-4,6-7,9-10,13H2,(H,28,30)(H,37,38)(H,39,40). The van der Waals surface area contributed by atoms with Gasteiger partial charge in [-0.1, -0.05) is 11.6 Å². The van der Waals surface area contributed by atoms with Gasteiger partial charge in [-0.3, -0.25) is 18.9 Å². The van der Waals surface area contributed by atoms with Crippen LogP contribution in [-0.4, -0.2) is 102 Å². The molecule has 0 spiro atoms. The zero-order chi connectivity index (χ0) is 28.6. The first-order chi connectivity index (χ1) is 19.1. The lowest BCUT2D eigenvalue weighted by atomic mass is 9.94. The lowest BCUT2D eigenvalue weighted by Crippen LogP contribution is -2.60. The number of carbonyl (C=O) groups is 4. The van der Waals surface area contributed by atoms with Crippen LogP contribution in [0, 0.1) is 9.62 Å². The number of hydrogen-bond acceptors (Lipinski definition) is 7. The van der Waals surface area contributed by atoms with Crippen LogP contribution in [0.3, 0.4) is 0 Å². The van der Waals surface area contributed by atoms with Crippen LogP contribution >= 0.6 is 34.2 Å². The fourth-order valence-electron chi connectivity index (χ4n) is 5.06. The van der Waals surface area contributed by atoms with Crippen LogP contribution in [0.25, 0.3) is 5.65 Å². The van der Waals surface area contributed by atoms with E-state index in [1.54, 1.807) is 35.5 Å². The molecule has 0 saturated carbocycles. The van der Waals surface area contributed by atoms with E-state index in [1.165, 1.54) is 4.90 Å². The minimum Gasteiger partial charge on any atom is -0.480 e. The number of amides is 3. The Hall–Kier alpha value is -3.66. The Morgan fingerprint density at radius 3 is 2.45 bits per heavy atom. The summed E-state index contributed by atoms with van der Waals surface area (Å²) < 4.78 is 2.83. The number of imidazole rings is 1. The van der Waals surface area contributed by atoms with E-state index in [0.717, 1.165) is 8.60 Å². The number of aliphatic carboxylic acids is 1. The zero-order valence-corrected chi connectivity index (χ0v) is 23.9. The summed E-state index contributed by atoms with van der Waals surface area (Å²) in [5, 5.41) is 22.1. The van der Waals surface area contributed by atoms with Crippen LogP contribution in [-0.2, 0) is 9.59 Å². The maximum atomic E-state index is 13.2. The summed E-state index contributed by atoms with van der Waals surface area (Å²) in [6, 6.07) is 3.74. The zero-order valence-electron chi connectivity index (χ0n) is 21.0. The van der Waals surface area contributed by atoms with Crippen molar-refractivity contribution in [1.29, 1.82) is 0 Å². The van der Waals surface area contributed by atoms with Crippen LogP contribution in [0.15, 0.2) is 36.8 Å². The highest BCUT2D eigenvalue weighted by molar-refractivity contribution is 14.1. The molecule has 4 heterocycles. The molecule has 3 N–H and O–H groups in total. The van der Waals surface area contributed by atoms with Gasteiger partial charge in [0.15, 0.2) is 11.5 Å². The second kappa shape index (κ2) is 11.4. The van der Waals surface area contributed by atoms with E-state index in [1.807, 2.05) is 10.6 Å². The molecule has 210 valence electrons. The number of benzene rings is 1. The molecule has 0 bridgehead atoms. The first-order valence-electron chi connectivity index (χ1n) is 12.5. The second-order valence-electron chi connectivity index (χ2n) is 9.55. The van der Waals surface area contributed by atoms with E-state index in [4.69, 9.17) is 11.6 Å². The van der Waals surface area contributed by atoms with Crippen molar-refractivity contribution in [3.8, 4) is 0 Å². The number of rotatable bonds is 5. The molecule has 2 fully saturated rings. The van der Waals surface area contributed by atoms with Gasteiger partial charge in [-0.2, -0.15) is 0 Å². The molecule has 2 aliphatic rings. The molecule has 3 amide bonds. The van der Waals surface area contributed by atoms with Crippen LogP contribution < -0.4 is 5.32 Å². The topological polar surface area (TPSA) is 161 Å². The van der Waals surface area contributed by atoms with Gasteiger partial charge in [0.2, 0.25) is 5.91 Å². The number of carboxylic acid groups (broad SMARTS) is 2. The molecule has 0 radical (unpaired) electrons. The van der Waals surface area contributed by atoms with Crippen molar-refractivity contribution in [1.82, 2.24) is 29.1 Å². The van der Waals surface area contributed by atoms with Gasteiger partial charge in [0, 0.05) is 50.2 Å². The number of aromatic nitrogens is 3. The molecule has 2 saturated heterocycles. The van der Waals surface area contributed by atoms with Crippen molar-refractivity contribution < 1.29 is 29.4 Å². The molecule has 1 atom stereocenters. The molecule has 2 aromatic heterocycles. The summed E-state index contributed by atoms with van der Waals surface area (Å²) in [5.41, 5.74) is 1.64. The molecule has 13 nitrogen and oxygen atoms in total. The number of nitrogens with one attached hydrogen (secondary N) is 1. The van der Waals surface area contributed by atoms with Gasteiger partial charge in [-0.05, 0) is 53.6 Å². The van der Waals surface area contributed by atoms with Crippen molar-refractivity contribution in [2.24, 2.45) is 5.92 Å². The van der Waals surface area contributed by atoms with Crippen molar-refractivity contribution in [3.05, 3.63) is 51.1 Å². The highest BCUT2D eigenvalue weighted by atomic mass is 127. The van der Waals surface area contributed by atoms with E-state index in [2.05, 4.69) is 37.9 Å². The van der Waals surface area contributed by atoms with E-state index in [-0.39, 0.29) is 42.4 Å². The molecular weight excluding hydrogens is 657 g/mol. The molecular formula is C25H25ClIN7O6. The van der Waals surface area contributed by atoms with Gasteiger partial charge in [0.25, 0.3) is 5.91 Å². The number of nitrogens with zero attached hydrogens (tertiary/aromatic N) is 6. The van der Waals surface area contributed by atoms with Crippen molar-refractivity contribution >= 4 is 75.2 Å². The van der Waals surface area contributed by atoms with Crippen LogP contribution in [0.2, 0.25) is 5.02 Å². The fraction of sp³-hybridized carbons (Fsp3) is 0.360. The quantitative estimate of drug-likeness (QED) is 0.344. The Balaban J connectivity index is 1.19. The number of piperazine rings is 1. The molecule has 40 heavy (non-hydrogen) atoms. The van der Waals surface area contributed by atoms with E-state index >= 15 is 0 Å². The number of carboxylic acids is 1. The lowest BCUT2D eigenvalue weighted by Gasteiger charge is -2.40. The summed E-state index contributed by atoms with van der Waals surface area (Å²) in [6.07, 6.45) is 4.71. The molecule has 5 rings (SSSR count). The van der Waals surface area contributed by atoms with Crippen LogP contribution in [0.5, 0.6) is 0 Å². The first-order valence-corrected chi connectivity index (χ1v) is 13.9. The minimum absolute atomic E-state index is 0.0642.